The number of hydrogen-bond donors (Lipinski definition) is 2. The lowest BCUT2D eigenvalue weighted by molar-refractivity contribution is -0.106. The smallest absolute Gasteiger partial charge is 0.116 e. The van der Waals surface area contributed by atoms with Crippen molar-refractivity contribution in [2.75, 3.05) is 13.2 Å². The van der Waals surface area contributed by atoms with Gasteiger partial charge < -0.3 is 15.0 Å². The highest BCUT2D eigenvalue weighted by atomic mass is 16.3. The number of rotatable bonds is 3. The number of carbonyl (C=O) groups is 1. The second kappa shape index (κ2) is 31.2. The largest absolute Gasteiger partial charge is 0.396 e. The molecule has 0 aromatic carbocycles. The van der Waals surface area contributed by atoms with Crippen molar-refractivity contribution in [3.63, 3.8) is 0 Å². The van der Waals surface area contributed by atoms with Gasteiger partial charge in [0.2, 0.25) is 0 Å². The number of aliphatic hydroxyl groups excluding tert-OH is 2. The molecular formula is C9H22O3. The summed E-state index contributed by atoms with van der Waals surface area (Å²) in [6.07, 6.45) is 3.66. The van der Waals surface area contributed by atoms with E-state index in [0.717, 1.165) is 25.5 Å². The molecule has 0 heterocycles. The maximum atomic E-state index is 8.81. The Bertz CT molecular complexity index is 51.7. The molecule has 0 aliphatic heterocycles. The second-order valence-electron chi connectivity index (χ2n) is 2.04. The van der Waals surface area contributed by atoms with Gasteiger partial charge in [-0.25, -0.2) is 0 Å². The van der Waals surface area contributed by atoms with Crippen molar-refractivity contribution in [2.24, 2.45) is 0 Å². The maximum Gasteiger partial charge on any atom is 0.116 e. The van der Waals surface area contributed by atoms with Gasteiger partial charge in [0, 0.05) is 13.2 Å². The quantitative estimate of drug-likeness (QED) is 0.642. The van der Waals surface area contributed by atoms with Gasteiger partial charge in [0.25, 0.3) is 0 Å². The Hall–Kier alpha value is -0.410. The Morgan fingerprint density at radius 2 is 1.42 bits per heavy atom. The fraction of sp³-hybridized carbons (Fsp3) is 0.889. The highest BCUT2D eigenvalue weighted by molar-refractivity contribution is 5.44. The van der Waals surface area contributed by atoms with Gasteiger partial charge >= 0.3 is 0 Å². The van der Waals surface area contributed by atoms with Gasteiger partial charge in [-0.2, -0.15) is 0 Å². The zero-order valence-corrected chi connectivity index (χ0v) is 8.42. The molecule has 0 unspecified atom stereocenters. The van der Waals surface area contributed by atoms with Crippen LogP contribution in [0.2, 0.25) is 0 Å². The van der Waals surface area contributed by atoms with Crippen molar-refractivity contribution in [3.05, 3.63) is 0 Å². The zero-order chi connectivity index (χ0) is 10.2. The summed E-state index contributed by atoms with van der Waals surface area (Å²) in [6.45, 7) is 6.09. The van der Waals surface area contributed by atoms with Crippen molar-refractivity contribution in [3.8, 4) is 0 Å². The number of hydrogen-bond acceptors (Lipinski definition) is 3. The monoisotopic (exact) mass is 178 g/mol. The summed E-state index contributed by atoms with van der Waals surface area (Å²) in [5, 5.41) is 15.9. The molecule has 0 atom stereocenters. The minimum atomic E-state index is 0.319. The van der Waals surface area contributed by atoms with Gasteiger partial charge in [-0.15, -0.1) is 0 Å². The Labute approximate surface area is 75.4 Å². The first-order valence-electron chi connectivity index (χ1n) is 4.36. The fourth-order valence-corrected chi connectivity index (χ4v) is 0.158. The van der Waals surface area contributed by atoms with E-state index in [1.54, 1.807) is 0 Å². The average Bonchev–Trinajstić information content (AvgIpc) is 2.08. The van der Waals surface area contributed by atoms with Gasteiger partial charge in [0.05, 0.1) is 0 Å². The minimum Gasteiger partial charge on any atom is -0.396 e. The molecule has 0 aliphatic carbocycles. The first-order chi connectivity index (χ1) is 5.74. The molecule has 2 N–H and O–H groups in total. The molecule has 0 fully saturated rings. The molecule has 76 valence electrons. The van der Waals surface area contributed by atoms with Gasteiger partial charge in [0.1, 0.15) is 6.29 Å². The Morgan fingerprint density at radius 1 is 1.08 bits per heavy atom. The molecule has 0 rings (SSSR count). The third kappa shape index (κ3) is 105. The molecule has 0 amide bonds. The molecule has 0 aliphatic rings. The van der Waals surface area contributed by atoms with Gasteiger partial charge in [-0.3, -0.25) is 0 Å². The lowest BCUT2D eigenvalue weighted by Gasteiger charge is -1.79. The van der Waals surface area contributed by atoms with Gasteiger partial charge in [-0.05, 0) is 19.8 Å². The molecular weight excluding hydrogens is 156 g/mol. The Kier molecular flexibility index (Phi) is 45.8. The van der Waals surface area contributed by atoms with Crippen molar-refractivity contribution < 1.29 is 15.0 Å². The van der Waals surface area contributed by atoms with E-state index in [1.165, 1.54) is 6.92 Å². The molecule has 3 nitrogen and oxygen atoms in total. The fourth-order valence-electron chi connectivity index (χ4n) is 0.158. The molecule has 3 heteroatoms. The third-order valence-electron chi connectivity index (χ3n) is 0.735. The normalized spacial score (nSPS) is 7.08. The maximum absolute atomic E-state index is 8.81. The van der Waals surface area contributed by atoms with Crippen molar-refractivity contribution in [1.82, 2.24) is 0 Å². The van der Waals surface area contributed by atoms with Crippen molar-refractivity contribution >= 4 is 6.29 Å². The predicted octanol–water partition coefficient (Wildman–Crippen LogP) is 1.37. The highest BCUT2D eigenvalue weighted by Crippen LogP contribution is 1.78. The van der Waals surface area contributed by atoms with E-state index in [2.05, 4.69) is 6.92 Å². The first kappa shape index (κ1) is 17.6. The molecule has 0 saturated carbocycles. The topological polar surface area (TPSA) is 57.5 Å². The van der Waals surface area contributed by atoms with Crippen LogP contribution in [0.5, 0.6) is 0 Å². The van der Waals surface area contributed by atoms with Gasteiger partial charge in [0.15, 0.2) is 0 Å². The standard InChI is InChI=1S/C4H10O.C3H8O.C2H4O/c1-2-3-4-5;1-2-3-4;1-2-3/h5H,2-4H2,1H3;4H,2-3H2,1H3;2H,1H3. The van der Waals surface area contributed by atoms with E-state index in [1.807, 2.05) is 6.92 Å². The molecule has 12 heavy (non-hydrogen) atoms. The zero-order valence-electron chi connectivity index (χ0n) is 8.42. The van der Waals surface area contributed by atoms with Crippen molar-refractivity contribution in [2.45, 2.75) is 40.0 Å². The van der Waals surface area contributed by atoms with E-state index in [4.69, 9.17) is 15.0 Å². The van der Waals surface area contributed by atoms with Crippen LogP contribution in [0.15, 0.2) is 0 Å². The first-order valence-corrected chi connectivity index (χ1v) is 4.36. The number of carbonyl (C=O) groups excluding carboxylic acids is 1. The minimum absolute atomic E-state index is 0.319. The average molecular weight is 178 g/mol. The summed E-state index contributed by atoms with van der Waals surface area (Å²) in [7, 11) is 0. The van der Waals surface area contributed by atoms with Crippen LogP contribution in [0, 0.1) is 0 Å². The van der Waals surface area contributed by atoms with E-state index < -0.39 is 0 Å². The molecule has 0 saturated heterocycles. The Morgan fingerprint density at radius 3 is 1.42 bits per heavy atom. The summed E-state index contributed by atoms with van der Waals surface area (Å²) >= 11 is 0. The summed E-state index contributed by atoms with van der Waals surface area (Å²) < 4.78 is 0. The molecule has 0 aromatic heterocycles. The lowest BCUT2D eigenvalue weighted by atomic mass is 10.4. The van der Waals surface area contributed by atoms with E-state index in [9.17, 15) is 0 Å². The van der Waals surface area contributed by atoms with Crippen LogP contribution in [-0.2, 0) is 4.79 Å². The molecule has 0 radical (unpaired) electrons. The summed E-state index contributed by atoms with van der Waals surface area (Å²) in [6, 6.07) is 0. The van der Waals surface area contributed by atoms with Crippen LogP contribution in [0.4, 0.5) is 0 Å². The number of unbranched alkanes of at least 4 members (excludes halogenated alkanes) is 1. The summed E-state index contributed by atoms with van der Waals surface area (Å²) in [4.78, 5) is 8.81. The number of aldehydes is 1. The van der Waals surface area contributed by atoms with E-state index in [0.29, 0.717) is 13.2 Å². The molecule has 0 aromatic rings. The van der Waals surface area contributed by atoms with Crippen LogP contribution in [0.1, 0.15) is 40.0 Å². The predicted molar refractivity (Wildman–Crippen MR) is 51.1 cm³/mol. The SMILES string of the molecule is CC=O.CCCCO.CCCO. The summed E-state index contributed by atoms with van der Waals surface area (Å²) in [5.74, 6) is 0. The van der Waals surface area contributed by atoms with Crippen LogP contribution in [0.25, 0.3) is 0 Å². The van der Waals surface area contributed by atoms with Crippen LogP contribution in [-0.4, -0.2) is 29.7 Å². The van der Waals surface area contributed by atoms with E-state index in [-0.39, 0.29) is 0 Å². The lowest BCUT2D eigenvalue weighted by Crippen LogP contribution is -1.75. The van der Waals surface area contributed by atoms with Crippen LogP contribution >= 0.6 is 0 Å². The highest BCUT2D eigenvalue weighted by Gasteiger charge is 1.69. The summed E-state index contributed by atoms with van der Waals surface area (Å²) in [5.41, 5.74) is 0. The second-order valence-corrected chi connectivity index (χ2v) is 2.04. The van der Waals surface area contributed by atoms with E-state index >= 15 is 0 Å². The Balaban J connectivity index is -0.000000105. The number of aliphatic hydroxyl groups is 2. The van der Waals surface area contributed by atoms with Crippen LogP contribution in [0.3, 0.4) is 0 Å². The molecule has 0 spiro atoms. The molecule has 0 bridgehead atoms. The van der Waals surface area contributed by atoms with Crippen LogP contribution < -0.4 is 0 Å². The van der Waals surface area contributed by atoms with Crippen molar-refractivity contribution in [1.29, 1.82) is 0 Å². The third-order valence-corrected chi connectivity index (χ3v) is 0.735. The van der Waals surface area contributed by atoms with Gasteiger partial charge in [-0.1, -0.05) is 20.3 Å².